The van der Waals surface area contributed by atoms with Gasteiger partial charge in [-0.2, -0.15) is 0 Å². The number of hydrogen-bond acceptors (Lipinski definition) is 3. The normalized spacial score (nSPS) is 11.5. The van der Waals surface area contributed by atoms with Crippen LogP contribution in [0.15, 0.2) is 0 Å². The molecule has 0 radical (unpaired) electrons. The average Bonchev–Trinajstić information content (AvgIpc) is 2.40. The van der Waals surface area contributed by atoms with Crippen LogP contribution in [0.1, 0.15) is 59.3 Å². The first kappa shape index (κ1) is 18.7. The molecule has 0 aromatic heterocycles. The van der Waals surface area contributed by atoms with Crippen molar-refractivity contribution in [1.82, 2.24) is 0 Å². The monoisotopic (exact) mass is 286 g/mol. The van der Waals surface area contributed by atoms with Crippen LogP contribution in [0.25, 0.3) is 0 Å². The minimum Gasteiger partial charge on any atom is -0.373 e. The van der Waals surface area contributed by atoms with Gasteiger partial charge in [-0.3, -0.25) is 0 Å². The summed E-state index contributed by atoms with van der Waals surface area (Å²) in [6.45, 7) is 8.48. The highest BCUT2D eigenvalue weighted by Gasteiger charge is 2.40. The van der Waals surface area contributed by atoms with Crippen LogP contribution in [0.2, 0.25) is 6.04 Å². The Kier molecular flexibility index (Phi) is 12.4. The van der Waals surface area contributed by atoms with E-state index in [1.54, 1.807) is 0 Å². The van der Waals surface area contributed by atoms with Crippen molar-refractivity contribution in [3.8, 4) is 12.3 Å². The van der Waals surface area contributed by atoms with Crippen LogP contribution in [-0.2, 0) is 13.3 Å². The Morgan fingerprint density at radius 3 is 1.42 bits per heavy atom. The van der Waals surface area contributed by atoms with Gasteiger partial charge in [0, 0.05) is 19.8 Å². The van der Waals surface area contributed by atoms with Crippen LogP contribution in [0.4, 0.5) is 0 Å². The smallest absolute Gasteiger partial charge is 0.373 e. The third-order valence-electron chi connectivity index (χ3n) is 2.78. The van der Waals surface area contributed by atoms with E-state index in [0.717, 1.165) is 38.5 Å². The summed E-state index contributed by atoms with van der Waals surface area (Å²) in [5, 5.41) is 0. The maximum atomic E-state index is 5.96. The molecule has 0 aromatic rings. The minimum absolute atomic E-state index is 0.476. The summed E-state index contributed by atoms with van der Waals surface area (Å²) in [4.78, 5) is 0. The quantitative estimate of drug-likeness (QED) is 0.291. The molecule has 0 unspecified atom stereocenters. The van der Waals surface area contributed by atoms with Gasteiger partial charge >= 0.3 is 8.80 Å². The number of terminal acetylenes is 1. The van der Waals surface area contributed by atoms with E-state index in [1.807, 2.05) is 0 Å². The van der Waals surface area contributed by atoms with E-state index in [0.29, 0.717) is 25.9 Å². The Balaban J connectivity index is 4.43. The van der Waals surface area contributed by atoms with E-state index in [4.69, 9.17) is 19.7 Å². The van der Waals surface area contributed by atoms with Crippen LogP contribution < -0.4 is 0 Å². The van der Waals surface area contributed by atoms with Crippen molar-refractivity contribution in [1.29, 1.82) is 0 Å². The van der Waals surface area contributed by atoms with Crippen LogP contribution in [0.3, 0.4) is 0 Å². The number of rotatable bonds is 13. The van der Waals surface area contributed by atoms with Gasteiger partial charge in [0.15, 0.2) is 0 Å². The molecule has 19 heavy (non-hydrogen) atoms. The molecule has 0 aliphatic carbocycles. The number of unbranched alkanes of at least 4 members (excludes halogenated alkanes) is 3. The third kappa shape index (κ3) is 9.23. The van der Waals surface area contributed by atoms with Crippen molar-refractivity contribution in [2.75, 3.05) is 19.8 Å². The highest BCUT2D eigenvalue weighted by molar-refractivity contribution is 6.61. The van der Waals surface area contributed by atoms with Gasteiger partial charge in [-0.1, -0.05) is 40.0 Å². The Hall–Kier alpha value is -0.343. The molecular formula is C15H30O3Si. The Morgan fingerprint density at radius 2 is 1.16 bits per heavy atom. The maximum absolute atomic E-state index is 5.96. The molecule has 0 spiro atoms. The van der Waals surface area contributed by atoms with Gasteiger partial charge in [-0.25, -0.2) is 0 Å². The predicted molar refractivity (Wildman–Crippen MR) is 82.0 cm³/mol. The van der Waals surface area contributed by atoms with Gasteiger partial charge in [-0.15, -0.1) is 12.3 Å². The summed E-state index contributed by atoms with van der Waals surface area (Å²) in [6, 6.07) is 0.476. The molecule has 0 rings (SSSR count). The second kappa shape index (κ2) is 12.7. The molecule has 0 aromatic carbocycles. The second-order valence-corrected chi connectivity index (χ2v) is 7.26. The lowest BCUT2D eigenvalue weighted by Gasteiger charge is -2.28. The van der Waals surface area contributed by atoms with Crippen LogP contribution >= 0.6 is 0 Å². The van der Waals surface area contributed by atoms with Crippen molar-refractivity contribution in [2.45, 2.75) is 65.3 Å². The molecule has 0 heterocycles. The fourth-order valence-corrected chi connectivity index (χ4v) is 3.69. The van der Waals surface area contributed by atoms with Gasteiger partial charge in [0.25, 0.3) is 0 Å². The molecule has 0 amide bonds. The Labute approximate surface area is 120 Å². The molecule has 0 atom stereocenters. The number of hydrogen-bond donors (Lipinski definition) is 0. The molecule has 0 aliphatic rings. The van der Waals surface area contributed by atoms with Gasteiger partial charge in [0.2, 0.25) is 0 Å². The Bertz CT molecular complexity index is 212. The van der Waals surface area contributed by atoms with E-state index in [9.17, 15) is 0 Å². The van der Waals surface area contributed by atoms with Crippen molar-refractivity contribution < 1.29 is 13.3 Å². The minimum atomic E-state index is -2.64. The molecule has 0 aliphatic heterocycles. The molecule has 4 heteroatoms. The zero-order chi connectivity index (χ0) is 14.4. The van der Waals surface area contributed by atoms with E-state index < -0.39 is 8.80 Å². The fourth-order valence-electron chi connectivity index (χ4n) is 1.52. The van der Waals surface area contributed by atoms with Crippen molar-refractivity contribution in [3.63, 3.8) is 0 Å². The summed E-state index contributed by atoms with van der Waals surface area (Å²) in [6.07, 6.45) is 11.8. The van der Waals surface area contributed by atoms with Gasteiger partial charge in [-0.05, 0) is 19.3 Å². The van der Waals surface area contributed by atoms with Gasteiger partial charge in [0.1, 0.15) is 0 Å². The predicted octanol–water partition coefficient (Wildman–Crippen LogP) is 4.01. The largest absolute Gasteiger partial charge is 0.513 e. The maximum Gasteiger partial charge on any atom is 0.513 e. The zero-order valence-electron chi connectivity index (χ0n) is 12.9. The summed E-state index contributed by atoms with van der Waals surface area (Å²) >= 11 is 0. The standard InChI is InChI=1S/C15H30O3Si/c1-5-9-12-16-19(15-8-4,17-13-10-6-2)18-14-11-7-3/h4H,5-7,9-15H2,1-3H3. The first-order valence-electron chi connectivity index (χ1n) is 7.60. The first-order valence-corrected chi connectivity index (χ1v) is 9.53. The highest BCUT2D eigenvalue weighted by Crippen LogP contribution is 2.17. The van der Waals surface area contributed by atoms with Crippen molar-refractivity contribution in [3.05, 3.63) is 0 Å². The molecule has 0 saturated carbocycles. The molecular weight excluding hydrogens is 256 g/mol. The van der Waals surface area contributed by atoms with Gasteiger partial charge < -0.3 is 13.3 Å². The summed E-state index contributed by atoms with van der Waals surface area (Å²) in [5.74, 6) is 2.68. The molecule has 0 saturated heterocycles. The van der Waals surface area contributed by atoms with E-state index in [1.165, 1.54) is 0 Å². The van der Waals surface area contributed by atoms with Crippen molar-refractivity contribution in [2.24, 2.45) is 0 Å². The topological polar surface area (TPSA) is 27.7 Å². The second-order valence-electron chi connectivity index (χ2n) is 4.67. The lowest BCUT2D eigenvalue weighted by molar-refractivity contribution is 0.0595. The highest BCUT2D eigenvalue weighted by atomic mass is 28.4. The zero-order valence-corrected chi connectivity index (χ0v) is 13.9. The summed E-state index contributed by atoms with van der Waals surface area (Å²) in [5.41, 5.74) is 0. The molecule has 0 bridgehead atoms. The molecule has 0 N–H and O–H groups in total. The van der Waals surface area contributed by atoms with E-state index in [2.05, 4.69) is 26.7 Å². The average molecular weight is 286 g/mol. The summed E-state index contributed by atoms with van der Waals surface area (Å²) in [7, 11) is -2.64. The molecule has 112 valence electrons. The van der Waals surface area contributed by atoms with E-state index >= 15 is 0 Å². The van der Waals surface area contributed by atoms with Crippen LogP contribution in [0, 0.1) is 12.3 Å². The van der Waals surface area contributed by atoms with Gasteiger partial charge in [0.05, 0.1) is 6.04 Å². The van der Waals surface area contributed by atoms with Crippen LogP contribution in [0.5, 0.6) is 0 Å². The van der Waals surface area contributed by atoms with E-state index in [-0.39, 0.29) is 0 Å². The lowest BCUT2D eigenvalue weighted by Crippen LogP contribution is -2.46. The SMILES string of the molecule is C#CC[Si](OCCCC)(OCCCC)OCCCC. The molecule has 0 fully saturated rings. The lowest BCUT2D eigenvalue weighted by atomic mass is 10.4. The Morgan fingerprint density at radius 1 is 0.789 bits per heavy atom. The third-order valence-corrected chi connectivity index (χ3v) is 5.35. The fraction of sp³-hybridized carbons (Fsp3) is 0.867. The molecule has 3 nitrogen and oxygen atoms in total. The summed E-state index contributed by atoms with van der Waals surface area (Å²) < 4.78 is 17.9. The van der Waals surface area contributed by atoms with Crippen LogP contribution in [-0.4, -0.2) is 28.6 Å². The van der Waals surface area contributed by atoms with Crippen molar-refractivity contribution >= 4 is 8.80 Å². The first-order chi connectivity index (χ1) is 9.24.